The molecule has 4 aromatic rings. The van der Waals surface area contributed by atoms with Gasteiger partial charge in [-0.05, 0) is 61.5 Å². The molecule has 0 aliphatic heterocycles. The predicted octanol–water partition coefficient (Wildman–Crippen LogP) is 5.79. The Morgan fingerprint density at radius 2 is 1.87 bits per heavy atom. The zero-order chi connectivity index (χ0) is 27.1. The van der Waals surface area contributed by atoms with Gasteiger partial charge in [0.1, 0.15) is 10.8 Å². The molecule has 0 bridgehead atoms. The fraction of sp³-hybridized carbons (Fsp3) is 0.120. The van der Waals surface area contributed by atoms with Crippen molar-refractivity contribution < 1.29 is 14.5 Å². The van der Waals surface area contributed by atoms with Gasteiger partial charge in [0.2, 0.25) is 0 Å². The van der Waals surface area contributed by atoms with Gasteiger partial charge in [0.25, 0.3) is 11.6 Å². The molecule has 0 saturated heterocycles. The van der Waals surface area contributed by atoms with Crippen molar-refractivity contribution in [1.29, 1.82) is 0 Å². The summed E-state index contributed by atoms with van der Waals surface area (Å²) in [4.78, 5) is 22.9. The zero-order valence-electron chi connectivity index (χ0n) is 19.9. The number of nitro benzene ring substituents is 1. The first-order valence-corrected chi connectivity index (χ1v) is 12.9. The lowest BCUT2D eigenvalue weighted by Crippen LogP contribution is -2.20. The SMILES string of the molecule is CCOc1ccc(-n2c(SCC(=O)N/N=C/c3ccc(Cl)c([N+](=O)[O-])c3)nnc2-c2ccc(Cl)cc2)cc1. The lowest BCUT2D eigenvalue weighted by molar-refractivity contribution is -0.384. The van der Waals surface area contributed by atoms with E-state index < -0.39 is 10.8 Å². The number of carbonyl (C=O) groups is 1. The van der Waals surface area contributed by atoms with Crippen molar-refractivity contribution in [3.8, 4) is 22.8 Å². The number of amides is 1. The highest BCUT2D eigenvalue weighted by molar-refractivity contribution is 7.99. The molecule has 0 saturated carbocycles. The van der Waals surface area contributed by atoms with Gasteiger partial charge >= 0.3 is 0 Å². The number of halogens is 2. The van der Waals surface area contributed by atoms with Gasteiger partial charge in [0, 0.05) is 27.9 Å². The van der Waals surface area contributed by atoms with E-state index in [-0.39, 0.29) is 16.5 Å². The van der Waals surface area contributed by atoms with Crippen molar-refractivity contribution in [1.82, 2.24) is 20.2 Å². The second-order valence-corrected chi connectivity index (χ2v) is 9.41. The Kier molecular flexibility index (Phi) is 8.95. The van der Waals surface area contributed by atoms with Crippen LogP contribution < -0.4 is 10.2 Å². The molecule has 0 fully saturated rings. The highest BCUT2D eigenvalue weighted by Gasteiger charge is 2.18. The fourth-order valence-electron chi connectivity index (χ4n) is 3.33. The molecule has 10 nitrogen and oxygen atoms in total. The molecular weight excluding hydrogens is 551 g/mol. The van der Waals surface area contributed by atoms with Crippen LogP contribution in [0.4, 0.5) is 5.69 Å². The molecule has 38 heavy (non-hydrogen) atoms. The average molecular weight is 571 g/mol. The molecule has 1 aromatic heterocycles. The highest BCUT2D eigenvalue weighted by atomic mass is 35.5. The third-order valence-corrected chi connectivity index (χ3v) is 6.54. The number of nitro groups is 1. The molecule has 13 heteroatoms. The quantitative estimate of drug-likeness (QED) is 0.111. The largest absolute Gasteiger partial charge is 0.494 e. The number of carbonyl (C=O) groups excluding carboxylic acids is 1. The fourth-order valence-corrected chi connectivity index (χ4v) is 4.39. The predicted molar refractivity (Wildman–Crippen MR) is 148 cm³/mol. The molecule has 1 heterocycles. The molecule has 0 radical (unpaired) electrons. The summed E-state index contributed by atoms with van der Waals surface area (Å²) in [6.45, 7) is 2.46. The molecule has 0 aliphatic rings. The van der Waals surface area contributed by atoms with E-state index in [2.05, 4.69) is 20.7 Å². The van der Waals surface area contributed by atoms with E-state index in [1.165, 1.54) is 30.1 Å². The number of nitrogens with zero attached hydrogens (tertiary/aromatic N) is 5. The van der Waals surface area contributed by atoms with Crippen molar-refractivity contribution in [3.63, 3.8) is 0 Å². The third-order valence-electron chi connectivity index (χ3n) is 5.04. The Bertz CT molecular complexity index is 1480. The zero-order valence-corrected chi connectivity index (χ0v) is 22.2. The number of thioether (sulfide) groups is 1. The minimum atomic E-state index is -0.590. The number of ether oxygens (including phenoxy) is 1. The Morgan fingerprint density at radius 3 is 2.55 bits per heavy atom. The molecule has 1 N–H and O–H groups in total. The second kappa shape index (κ2) is 12.5. The van der Waals surface area contributed by atoms with E-state index in [9.17, 15) is 14.9 Å². The van der Waals surface area contributed by atoms with Gasteiger partial charge in [-0.1, -0.05) is 41.0 Å². The van der Waals surface area contributed by atoms with Gasteiger partial charge in [-0.3, -0.25) is 19.5 Å². The Labute approximate surface area is 231 Å². The van der Waals surface area contributed by atoms with E-state index in [0.29, 0.717) is 28.2 Å². The topological polar surface area (TPSA) is 125 Å². The molecule has 1 amide bonds. The summed E-state index contributed by atoms with van der Waals surface area (Å²) in [7, 11) is 0. The standard InChI is InChI=1S/C25H20Cl2N6O4S/c1-2-37-20-10-8-19(9-11-20)32-24(17-4-6-18(26)7-5-17)30-31-25(32)38-15-23(34)29-28-14-16-3-12-21(27)22(13-16)33(35)36/h3-14H,2,15H2,1H3,(H,29,34)/b28-14+. The first-order valence-electron chi connectivity index (χ1n) is 11.2. The number of hydrazone groups is 1. The maximum absolute atomic E-state index is 12.5. The number of hydrogen-bond acceptors (Lipinski definition) is 8. The van der Waals surface area contributed by atoms with E-state index in [4.69, 9.17) is 27.9 Å². The summed E-state index contributed by atoms with van der Waals surface area (Å²) in [5, 5.41) is 24.7. The molecule has 194 valence electrons. The average Bonchev–Trinajstić information content (AvgIpc) is 3.33. The van der Waals surface area contributed by atoms with Crippen molar-refractivity contribution in [2.75, 3.05) is 12.4 Å². The van der Waals surface area contributed by atoms with Gasteiger partial charge in [0.15, 0.2) is 11.0 Å². The van der Waals surface area contributed by atoms with E-state index >= 15 is 0 Å². The van der Waals surface area contributed by atoms with Crippen LogP contribution in [-0.2, 0) is 4.79 Å². The van der Waals surface area contributed by atoms with Crippen molar-refractivity contribution in [2.45, 2.75) is 12.1 Å². The second-order valence-electron chi connectivity index (χ2n) is 7.63. The third kappa shape index (κ3) is 6.68. The molecule has 0 unspecified atom stereocenters. The number of hydrogen-bond donors (Lipinski definition) is 1. The van der Waals surface area contributed by atoms with Crippen LogP contribution in [0.25, 0.3) is 17.1 Å². The van der Waals surface area contributed by atoms with Crippen LogP contribution >= 0.6 is 35.0 Å². The monoisotopic (exact) mass is 570 g/mol. The van der Waals surface area contributed by atoms with Gasteiger partial charge in [-0.15, -0.1) is 10.2 Å². The van der Waals surface area contributed by atoms with Crippen molar-refractivity contribution >= 4 is 52.8 Å². The van der Waals surface area contributed by atoms with Crippen LogP contribution in [0.5, 0.6) is 5.75 Å². The van der Waals surface area contributed by atoms with Gasteiger partial charge < -0.3 is 4.74 Å². The molecule has 0 atom stereocenters. The Balaban J connectivity index is 1.50. The smallest absolute Gasteiger partial charge is 0.288 e. The lowest BCUT2D eigenvalue weighted by atomic mass is 10.2. The van der Waals surface area contributed by atoms with Gasteiger partial charge in [-0.25, -0.2) is 5.43 Å². The molecule has 4 rings (SSSR count). The van der Waals surface area contributed by atoms with Crippen LogP contribution in [0.2, 0.25) is 10.0 Å². The van der Waals surface area contributed by atoms with Gasteiger partial charge in [-0.2, -0.15) is 5.10 Å². The van der Waals surface area contributed by atoms with E-state index in [0.717, 1.165) is 17.0 Å². The maximum Gasteiger partial charge on any atom is 0.288 e. The molecule has 3 aromatic carbocycles. The maximum atomic E-state index is 12.5. The van der Waals surface area contributed by atoms with Crippen molar-refractivity contribution in [3.05, 3.63) is 92.5 Å². The Morgan fingerprint density at radius 1 is 1.13 bits per heavy atom. The lowest BCUT2D eigenvalue weighted by Gasteiger charge is -2.11. The Hall–Kier alpha value is -3.93. The summed E-state index contributed by atoms with van der Waals surface area (Å²) in [6, 6.07) is 18.9. The van der Waals surface area contributed by atoms with Crippen LogP contribution in [0.1, 0.15) is 12.5 Å². The van der Waals surface area contributed by atoms with Crippen LogP contribution in [0.3, 0.4) is 0 Å². The summed E-state index contributed by atoms with van der Waals surface area (Å²) >= 11 is 13.0. The number of benzene rings is 3. The normalized spacial score (nSPS) is 11.0. The number of aromatic nitrogens is 3. The minimum absolute atomic E-state index is 0.00607. The summed E-state index contributed by atoms with van der Waals surface area (Å²) in [5.41, 5.74) is 4.16. The molecule has 0 spiro atoms. The molecule has 0 aliphatic carbocycles. The van der Waals surface area contributed by atoms with Crippen LogP contribution in [-0.4, -0.2) is 44.2 Å². The minimum Gasteiger partial charge on any atom is -0.494 e. The summed E-state index contributed by atoms with van der Waals surface area (Å²) < 4.78 is 7.38. The first-order chi connectivity index (χ1) is 18.4. The van der Waals surface area contributed by atoms with Crippen LogP contribution in [0.15, 0.2) is 77.0 Å². The first kappa shape index (κ1) is 27.1. The van der Waals surface area contributed by atoms with E-state index in [1.807, 2.05) is 47.9 Å². The summed E-state index contributed by atoms with van der Waals surface area (Å²) in [5.74, 6) is 0.906. The highest BCUT2D eigenvalue weighted by Crippen LogP contribution is 2.29. The van der Waals surface area contributed by atoms with Crippen LogP contribution in [0, 0.1) is 10.1 Å². The molecular formula is C25H20Cl2N6O4S. The van der Waals surface area contributed by atoms with Crippen molar-refractivity contribution in [2.24, 2.45) is 5.10 Å². The van der Waals surface area contributed by atoms with Gasteiger partial charge in [0.05, 0.1) is 23.5 Å². The number of rotatable bonds is 10. The summed E-state index contributed by atoms with van der Waals surface area (Å²) in [6.07, 6.45) is 1.30. The number of nitrogens with one attached hydrogen (secondary N) is 1. The van der Waals surface area contributed by atoms with E-state index in [1.54, 1.807) is 18.2 Å².